The van der Waals surface area contributed by atoms with Crippen molar-refractivity contribution in [2.24, 2.45) is 0 Å². The number of hydrogen-bond donors (Lipinski definition) is 0. The van der Waals surface area contributed by atoms with Crippen molar-refractivity contribution in [2.75, 3.05) is 20.6 Å². The summed E-state index contributed by atoms with van der Waals surface area (Å²) in [5, 5.41) is 0. The van der Waals surface area contributed by atoms with Crippen LogP contribution in [0.1, 0.15) is 191 Å². The summed E-state index contributed by atoms with van der Waals surface area (Å²) in [6.07, 6.45) is 47.2. The van der Waals surface area contributed by atoms with Crippen LogP contribution in [0.2, 0.25) is 0 Å². The number of esters is 3. The highest BCUT2D eigenvalue weighted by molar-refractivity contribution is 5.70. The fourth-order valence-corrected chi connectivity index (χ4v) is 7.43. The van der Waals surface area contributed by atoms with E-state index in [1.165, 1.54) is 64.2 Å². The van der Waals surface area contributed by atoms with Crippen molar-refractivity contribution in [3.63, 3.8) is 0 Å². The third-order valence-electron chi connectivity index (χ3n) is 11.3. The van der Waals surface area contributed by atoms with Crippen LogP contribution in [0.15, 0.2) is 109 Å². The first kappa shape index (κ1) is 55.9. The number of carbonyl (C=O) groups is 3. The fraction of sp³-hybridized carbons (Fsp3) is 0.596. The molecule has 0 fully saturated rings. The highest BCUT2D eigenvalue weighted by Gasteiger charge is 2.14. The van der Waals surface area contributed by atoms with Gasteiger partial charge in [-0.3, -0.25) is 14.4 Å². The lowest BCUT2D eigenvalue weighted by Crippen LogP contribution is -2.20. The molecule has 0 aliphatic heterocycles. The highest BCUT2D eigenvalue weighted by Crippen LogP contribution is 2.19. The molecule has 7 nitrogen and oxygen atoms in total. The molecule has 0 unspecified atom stereocenters. The van der Waals surface area contributed by atoms with Gasteiger partial charge in [-0.2, -0.15) is 0 Å². The molecule has 2 rings (SSSR count). The number of nitrogens with zero attached hydrogens (tertiary/aromatic N) is 1. The predicted octanol–water partition coefficient (Wildman–Crippen LogP) is 15.1. The molecule has 0 N–H and O–H groups in total. The second kappa shape index (κ2) is 41.5. The van der Waals surface area contributed by atoms with Gasteiger partial charge in [-0.05, 0) is 141 Å². The Kier molecular flexibility index (Phi) is 36.2. The number of hydrogen-bond acceptors (Lipinski definition) is 7. The second-order valence-corrected chi connectivity index (χ2v) is 17.6. The predicted molar refractivity (Wildman–Crippen MR) is 267 cm³/mol. The van der Waals surface area contributed by atoms with Crippen LogP contribution >= 0.6 is 0 Å². The Balaban J connectivity index is 1.43. The van der Waals surface area contributed by atoms with Crippen molar-refractivity contribution in [3.05, 3.63) is 120 Å². The van der Waals surface area contributed by atoms with Gasteiger partial charge in [0.25, 0.3) is 0 Å². The van der Waals surface area contributed by atoms with Gasteiger partial charge in [0, 0.05) is 19.3 Å². The molecule has 0 radical (unpaired) electrons. The smallest absolute Gasteiger partial charge is 0.306 e. The molecule has 64 heavy (non-hydrogen) atoms. The molecule has 7 heteroatoms. The van der Waals surface area contributed by atoms with Crippen LogP contribution in [0, 0.1) is 0 Å². The van der Waals surface area contributed by atoms with Crippen LogP contribution in [0.5, 0.6) is 0 Å². The van der Waals surface area contributed by atoms with Crippen LogP contribution in [0.25, 0.3) is 0 Å². The zero-order valence-electron chi connectivity index (χ0n) is 40.3. The Bertz CT molecular complexity index is 1430. The number of benzene rings is 2. The van der Waals surface area contributed by atoms with E-state index in [0.29, 0.717) is 32.5 Å². The summed E-state index contributed by atoms with van der Waals surface area (Å²) in [5.41, 5.74) is 2.05. The summed E-state index contributed by atoms with van der Waals surface area (Å²) < 4.78 is 16.7. The third kappa shape index (κ3) is 36.1. The molecule has 0 atom stereocenters. The molecule has 0 saturated heterocycles. The van der Waals surface area contributed by atoms with Gasteiger partial charge in [0.15, 0.2) is 0 Å². The lowest BCUT2D eigenvalue weighted by atomic mass is 10.0. The summed E-state index contributed by atoms with van der Waals surface area (Å²) in [6, 6.07) is 19.6. The van der Waals surface area contributed by atoms with Crippen molar-refractivity contribution < 1.29 is 28.6 Å². The van der Waals surface area contributed by atoms with Crippen LogP contribution in [0.4, 0.5) is 0 Å². The maximum absolute atomic E-state index is 12.6. The molecule has 2 aromatic carbocycles. The zero-order valence-corrected chi connectivity index (χ0v) is 40.3. The van der Waals surface area contributed by atoms with Crippen molar-refractivity contribution in [1.29, 1.82) is 0 Å². The molecule has 0 aliphatic rings. The van der Waals surface area contributed by atoms with E-state index in [1.807, 2.05) is 74.8 Å². The summed E-state index contributed by atoms with van der Waals surface area (Å²) in [6.45, 7) is 1.63. The topological polar surface area (TPSA) is 82.1 Å². The van der Waals surface area contributed by atoms with Gasteiger partial charge >= 0.3 is 17.9 Å². The Hall–Kier alpha value is -4.23. The first-order chi connectivity index (χ1) is 31.4. The lowest BCUT2D eigenvalue weighted by molar-refractivity contribution is -0.150. The Morgan fingerprint density at radius 3 is 1.20 bits per heavy atom. The largest absolute Gasteiger partial charge is 0.462 e. The molecular formula is C57H87NO6. The van der Waals surface area contributed by atoms with Crippen LogP contribution < -0.4 is 0 Å². The fourth-order valence-electron chi connectivity index (χ4n) is 7.43. The summed E-state index contributed by atoms with van der Waals surface area (Å²) >= 11 is 0. The highest BCUT2D eigenvalue weighted by atomic mass is 16.5. The average molecular weight is 882 g/mol. The molecule has 0 spiro atoms. The van der Waals surface area contributed by atoms with E-state index in [9.17, 15) is 14.4 Å². The number of ether oxygens (including phenoxy) is 3. The van der Waals surface area contributed by atoms with Crippen molar-refractivity contribution >= 4 is 17.9 Å². The molecule has 0 amide bonds. The van der Waals surface area contributed by atoms with Gasteiger partial charge in [0.2, 0.25) is 0 Å². The minimum absolute atomic E-state index is 0.0261. The number of unbranched alkanes of at least 4 members (excludes halogenated alkanes) is 16. The van der Waals surface area contributed by atoms with Gasteiger partial charge < -0.3 is 19.1 Å². The normalized spacial score (nSPS) is 11.9. The SMILES string of the molecule is CN(C)CCCC(=O)OC(CCCCCCCC/C=C\C/C=C\CCCCC(=O)OCc1ccccc1)CCCCCCCC/C=C\C/C=C\CCCCC(=O)OCc1ccccc1. The molecular weight excluding hydrogens is 795 g/mol. The van der Waals surface area contributed by atoms with E-state index < -0.39 is 0 Å². The molecule has 0 heterocycles. The van der Waals surface area contributed by atoms with E-state index in [1.54, 1.807) is 0 Å². The maximum Gasteiger partial charge on any atom is 0.306 e. The second-order valence-electron chi connectivity index (χ2n) is 17.6. The van der Waals surface area contributed by atoms with Crippen LogP contribution in [-0.2, 0) is 41.8 Å². The standard InChI is InChI=1S/C57H87NO6/c1-58(2)49-39-48-57(61)64-54(44-35-25-21-17-13-9-5-3-7-11-15-19-23-27-37-46-55(59)62-50-52-40-31-29-32-41-52)45-36-26-22-18-14-10-6-4-8-12-16-20-24-28-38-47-56(60)63-51-53-42-33-30-34-43-53/h3-4,7-8,15-16,19-20,29-34,40-43,54H,5-6,9-14,17-18,21-28,35-39,44-51H2,1-2H3/b7-3-,8-4-,19-15-,20-16-. The number of carbonyl (C=O) groups excluding carboxylic acids is 3. The minimum atomic E-state index is -0.115. The van der Waals surface area contributed by atoms with Gasteiger partial charge in [0.1, 0.15) is 19.3 Å². The van der Waals surface area contributed by atoms with Gasteiger partial charge in [0.05, 0.1) is 0 Å². The molecule has 0 bridgehead atoms. The minimum Gasteiger partial charge on any atom is -0.462 e. The van der Waals surface area contributed by atoms with Crippen molar-refractivity contribution in [2.45, 2.75) is 199 Å². The van der Waals surface area contributed by atoms with Gasteiger partial charge in [-0.1, -0.05) is 161 Å². The molecule has 2 aromatic rings. The monoisotopic (exact) mass is 882 g/mol. The van der Waals surface area contributed by atoms with E-state index in [-0.39, 0.29) is 24.0 Å². The number of rotatable bonds is 41. The van der Waals surface area contributed by atoms with Crippen molar-refractivity contribution in [1.82, 2.24) is 4.90 Å². The lowest BCUT2D eigenvalue weighted by Gasteiger charge is -2.18. The molecule has 356 valence electrons. The third-order valence-corrected chi connectivity index (χ3v) is 11.3. The average Bonchev–Trinajstić information content (AvgIpc) is 3.30. The first-order valence-corrected chi connectivity index (χ1v) is 25.3. The number of allylic oxidation sites excluding steroid dienone is 8. The Morgan fingerprint density at radius 2 is 0.797 bits per heavy atom. The van der Waals surface area contributed by atoms with Crippen LogP contribution in [-0.4, -0.2) is 49.6 Å². The zero-order chi connectivity index (χ0) is 45.8. The molecule has 0 saturated carbocycles. The maximum atomic E-state index is 12.6. The van der Waals surface area contributed by atoms with Gasteiger partial charge in [-0.25, -0.2) is 0 Å². The first-order valence-electron chi connectivity index (χ1n) is 25.3. The summed E-state index contributed by atoms with van der Waals surface area (Å²) in [4.78, 5) is 38.6. The van der Waals surface area contributed by atoms with E-state index in [4.69, 9.17) is 14.2 Å². The quantitative estimate of drug-likeness (QED) is 0.0285. The molecule has 0 aliphatic carbocycles. The Labute approximate surface area is 390 Å². The van der Waals surface area contributed by atoms with Crippen LogP contribution in [0.3, 0.4) is 0 Å². The Morgan fingerprint density at radius 1 is 0.438 bits per heavy atom. The van der Waals surface area contributed by atoms with E-state index in [2.05, 4.69) is 53.5 Å². The summed E-state index contributed by atoms with van der Waals surface area (Å²) in [5.74, 6) is -0.255. The van der Waals surface area contributed by atoms with E-state index in [0.717, 1.165) is 114 Å². The van der Waals surface area contributed by atoms with Crippen molar-refractivity contribution in [3.8, 4) is 0 Å². The van der Waals surface area contributed by atoms with E-state index >= 15 is 0 Å². The van der Waals surface area contributed by atoms with Gasteiger partial charge in [-0.15, -0.1) is 0 Å². The molecule has 0 aromatic heterocycles. The summed E-state index contributed by atoms with van der Waals surface area (Å²) in [7, 11) is 4.09.